The highest BCUT2D eigenvalue weighted by molar-refractivity contribution is 5.70. The van der Waals surface area contributed by atoms with Crippen LogP contribution in [0, 0.1) is 0 Å². The molecule has 60 heavy (non-hydrogen) atoms. The molecule has 0 saturated heterocycles. The Morgan fingerprint density at radius 3 is 1.20 bits per heavy atom. The summed E-state index contributed by atoms with van der Waals surface area (Å²) in [6.07, 6.45) is 67.3. The molecule has 0 spiro atoms. The number of ether oxygens (including phenoxy) is 3. The first-order valence-corrected chi connectivity index (χ1v) is 24.8. The van der Waals surface area contributed by atoms with Crippen LogP contribution in [0.4, 0.5) is 0 Å². The van der Waals surface area contributed by atoms with E-state index in [-0.39, 0.29) is 31.6 Å². The van der Waals surface area contributed by atoms with Crippen LogP contribution in [0.1, 0.15) is 213 Å². The largest absolute Gasteiger partial charge is 0.462 e. The zero-order valence-corrected chi connectivity index (χ0v) is 39.2. The monoisotopic (exact) mass is 833 g/mol. The van der Waals surface area contributed by atoms with Crippen LogP contribution in [0.2, 0.25) is 0 Å². The maximum atomic E-state index is 12.7. The lowest BCUT2D eigenvalue weighted by molar-refractivity contribution is -0.162. The molecule has 1 unspecified atom stereocenters. The molecule has 0 aliphatic heterocycles. The molecule has 342 valence electrons. The van der Waals surface area contributed by atoms with Crippen molar-refractivity contribution in [2.75, 3.05) is 19.8 Å². The first-order valence-electron chi connectivity index (χ1n) is 24.8. The number of rotatable bonds is 44. The lowest BCUT2D eigenvalue weighted by atomic mass is 10.0. The molecule has 0 bridgehead atoms. The molecule has 0 heterocycles. The molecule has 0 aliphatic carbocycles. The first kappa shape index (κ1) is 56.8. The third-order valence-electron chi connectivity index (χ3n) is 10.1. The second-order valence-corrected chi connectivity index (χ2v) is 16.0. The highest BCUT2D eigenvalue weighted by atomic mass is 16.6. The second-order valence-electron chi connectivity index (χ2n) is 16.0. The van der Waals surface area contributed by atoms with Gasteiger partial charge in [-0.25, -0.2) is 0 Å². The van der Waals surface area contributed by atoms with Crippen LogP contribution >= 0.6 is 0 Å². The van der Waals surface area contributed by atoms with Crippen molar-refractivity contribution in [2.24, 2.45) is 0 Å². The summed E-state index contributed by atoms with van der Waals surface area (Å²) < 4.78 is 17.2. The van der Waals surface area contributed by atoms with Gasteiger partial charge in [0.05, 0.1) is 6.61 Å². The molecule has 5 heteroatoms. The molecule has 0 N–H and O–H groups in total. The Kier molecular flexibility index (Phi) is 47.5. The Balaban J connectivity index is 4.40. The fourth-order valence-electron chi connectivity index (χ4n) is 6.53. The van der Waals surface area contributed by atoms with Crippen molar-refractivity contribution in [3.8, 4) is 0 Å². The Morgan fingerprint density at radius 1 is 0.383 bits per heavy atom. The van der Waals surface area contributed by atoms with Crippen molar-refractivity contribution in [1.29, 1.82) is 0 Å². The molecule has 0 amide bonds. The summed E-state index contributed by atoms with van der Waals surface area (Å²) in [5.41, 5.74) is 0. The smallest absolute Gasteiger partial charge is 0.306 e. The molecule has 5 nitrogen and oxygen atoms in total. The summed E-state index contributed by atoms with van der Waals surface area (Å²) in [6, 6.07) is 0. The van der Waals surface area contributed by atoms with Crippen LogP contribution in [0.15, 0.2) is 97.2 Å². The average Bonchev–Trinajstić information content (AvgIpc) is 3.25. The summed E-state index contributed by atoms with van der Waals surface area (Å²) in [4.78, 5) is 25.3. The van der Waals surface area contributed by atoms with Gasteiger partial charge in [-0.2, -0.15) is 0 Å². The zero-order chi connectivity index (χ0) is 43.5. The molecule has 1 atom stereocenters. The van der Waals surface area contributed by atoms with Crippen LogP contribution in [-0.4, -0.2) is 37.9 Å². The summed E-state index contributed by atoms with van der Waals surface area (Å²) >= 11 is 0. The van der Waals surface area contributed by atoms with Crippen molar-refractivity contribution in [1.82, 2.24) is 0 Å². The van der Waals surface area contributed by atoms with Gasteiger partial charge >= 0.3 is 11.9 Å². The Hall–Kier alpha value is -3.18. The fraction of sp³-hybridized carbons (Fsp3) is 0.673. The van der Waals surface area contributed by atoms with E-state index in [1.54, 1.807) is 0 Å². The molecule has 0 aromatic rings. The molecule has 0 aromatic carbocycles. The van der Waals surface area contributed by atoms with Gasteiger partial charge in [0.15, 0.2) is 6.10 Å². The van der Waals surface area contributed by atoms with Gasteiger partial charge in [0.1, 0.15) is 6.61 Å². The van der Waals surface area contributed by atoms with Gasteiger partial charge in [0.2, 0.25) is 0 Å². The third-order valence-corrected chi connectivity index (χ3v) is 10.1. The maximum Gasteiger partial charge on any atom is 0.306 e. The number of carbonyl (C=O) groups excluding carboxylic acids is 2. The molecule has 0 radical (unpaired) electrons. The summed E-state index contributed by atoms with van der Waals surface area (Å²) in [6.45, 7) is 7.38. The normalized spacial score (nSPS) is 13.1. The van der Waals surface area contributed by atoms with Crippen LogP contribution in [0.25, 0.3) is 0 Å². The van der Waals surface area contributed by atoms with E-state index >= 15 is 0 Å². The van der Waals surface area contributed by atoms with E-state index < -0.39 is 6.10 Å². The van der Waals surface area contributed by atoms with Gasteiger partial charge in [0, 0.05) is 19.4 Å². The van der Waals surface area contributed by atoms with Crippen molar-refractivity contribution in [2.45, 2.75) is 219 Å². The van der Waals surface area contributed by atoms with Crippen LogP contribution in [0.3, 0.4) is 0 Å². The highest BCUT2D eigenvalue weighted by Crippen LogP contribution is 2.15. The van der Waals surface area contributed by atoms with Crippen molar-refractivity contribution in [3.63, 3.8) is 0 Å². The third kappa shape index (κ3) is 47.5. The van der Waals surface area contributed by atoms with E-state index in [9.17, 15) is 9.59 Å². The zero-order valence-electron chi connectivity index (χ0n) is 39.2. The maximum absolute atomic E-state index is 12.7. The predicted octanol–water partition coefficient (Wildman–Crippen LogP) is 16.7. The number of esters is 2. The molecule has 0 saturated carbocycles. The fourth-order valence-corrected chi connectivity index (χ4v) is 6.53. The second kappa shape index (κ2) is 50.2. The Bertz CT molecular complexity index is 1170. The minimum absolute atomic E-state index is 0.0321. The van der Waals surface area contributed by atoms with Crippen LogP contribution < -0.4 is 0 Å². The van der Waals surface area contributed by atoms with E-state index in [0.29, 0.717) is 19.4 Å². The van der Waals surface area contributed by atoms with Gasteiger partial charge in [0.25, 0.3) is 0 Å². The van der Waals surface area contributed by atoms with Crippen molar-refractivity contribution in [3.05, 3.63) is 97.2 Å². The quantitative estimate of drug-likeness (QED) is 0.0348. The van der Waals surface area contributed by atoms with Gasteiger partial charge in [-0.3, -0.25) is 9.59 Å². The summed E-state index contributed by atoms with van der Waals surface area (Å²) in [5.74, 6) is -0.522. The lowest BCUT2D eigenvalue weighted by Crippen LogP contribution is -2.30. The number of hydrogen-bond donors (Lipinski definition) is 0. The number of hydrogen-bond acceptors (Lipinski definition) is 5. The minimum atomic E-state index is -0.605. The van der Waals surface area contributed by atoms with Gasteiger partial charge in [-0.05, 0) is 77.0 Å². The van der Waals surface area contributed by atoms with E-state index in [1.807, 2.05) is 6.08 Å². The van der Waals surface area contributed by atoms with Crippen LogP contribution in [-0.2, 0) is 23.8 Å². The Labute approximate surface area is 371 Å². The van der Waals surface area contributed by atoms with E-state index in [1.165, 1.54) is 96.3 Å². The summed E-state index contributed by atoms with van der Waals surface area (Å²) in [7, 11) is 0. The molecule has 0 rings (SSSR count). The van der Waals surface area contributed by atoms with Crippen molar-refractivity contribution >= 4 is 11.9 Å². The molecule has 0 fully saturated rings. The lowest BCUT2D eigenvalue weighted by Gasteiger charge is -2.18. The van der Waals surface area contributed by atoms with E-state index in [4.69, 9.17) is 14.2 Å². The Morgan fingerprint density at radius 2 is 0.767 bits per heavy atom. The molecular formula is C55H92O5. The van der Waals surface area contributed by atoms with E-state index in [2.05, 4.69) is 112 Å². The summed E-state index contributed by atoms with van der Waals surface area (Å²) in [5, 5.41) is 0. The molecule has 0 aliphatic rings. The van der Waals surface area contributed by atoms with Gasteiger partial charge in [-0.1, -0.05) is 221 Å². The highest BCUT2D eigenvalue weighted by Gasteiger charge is 2.17. The standard InChI is InChI=1S/C55H92O5/c1-4-7-10-13-16-19-22-25-27-28-29-31-33-36-39-42-45-48-54(56)59-52-53(51-58-50-47-44-41-38-35-32-26-23-20-17-14-11-8-5-2)60-55(57)49-46-43-40-37-34-30-24-21-18-15-12-9-6-3/h8-9,11-12,17-18,20-21,26,30,32,34,38,40-41,43,53H,4-7,10,13-16,19,22-25,27-29,31,33,35-37,39,42,44-52H2,1-3H3/b11-8-,12-9-,20-17-,21-18-,32-26-,34-30-,41-38-,43-40-. The molecule has 0 aromatic heterocycles. The van der Waals surface area contributed by atoms with Gasteiger partial charge in [-0.15, -0.1) is 0 Å². The molecular weight excluding hydrogens is 741 g/mol. The topological polar surface area (TPSA) is 61.8 Å². The van der Waals surface area contributed by atoms with Crippen LogP contribution in [0.5, 0.6) is 0 Å². The number of unbranched alkanes of at least 4 members (excludes halogenated alkanes) is 17. The first-order chi connectivity index (χ1) is 29.6. The number of allylic oxidation sites excluding steroid dienone is 16. The van der Waals surface area contributed by atoms with Crippen molar-refractivity contribution < 1.29 is 23.8 Å². The predicted molar refractivity (Wildman–Crippen MR) is 260 cm³/mol. The van der Waals surface area contributed by atoms with Gasteiger partial charge < -0.3 is 14.2 Å². The van der Waals surface area contributed by atoms with E-state index in [0.717, 1.165) is 77.0 Å². The average molecular weight is 833 g/mol. The minimum Gasteiger partial charge on any atom is -0.462 e. The number of carbonyl (C=O) groups is 2. The SMILES string of the molecule is CC/C=C\C/C=C\C/C=C\C/C=C\CCCOCC(COC(=O)CCCCCCCCCCCCCCCCCCC)OC(=O)CC/C=C\C/C=C\C/C=C\C/C=C\CC.